The lowest BCUT2D eigenvalue weighted by atomic mass is 10.2. The van der Waals surface area contributed by atoms with Gasteiger partial charge < -0.3 is 4.74 Å². The maximum Gasteiger partial charge on any atom is 0.327 e. The minimum Gasteiger partial charge on any atom is -0.462 e. The Bertz CT molecular complexity index is 876. The van der Waals surface area contributed by atoms with Crippen LogP contribution < -0.4 is 4.31 Å². The van der Waals surface area contributed by atoms with Gasteiger partial charge in [0.05, 0.1) is 16.7 Å². The number of carbonyl (C=O) groups excluding carboxylic acids is 1. The van der Waals surface area contributed by atoms with Crippen LogP contribution in [0.15, 0.2) is 47.4 Å². The summed E-state index contributed by atoms with van der Waals surface area (Å²) >= 11 is 12.0. The predicted octanol–water partition coefficient (Wildman–Crippen LogP) is 4.45. The fourth-order valence-corrected chi connectivity index (χ4v) is 4.16. The molecule has 0 fully saturated rings. The van der Waals surface area contributed by atoms with E-state index in [0.29, 0.717) is 0 Å². The van der Waals surface area contributed by atoms with Gasteiger partial charge in [0.25, 0.3) is 10.0 Å². The summed E-state index contributed by atoms with van der Waals surface area (Å²) in [5, 5.41) is 0.516. The Morgan fingerprint density at radius 2 is 1.62 bits per heavy atom. The molecule has 0 N–H and O–H groups in total. The number of aryl methyl sites for hydroxylation is 1. The molecular formula is C18H19Cl2NO4S. The van der Waals surface area contributed by atoms with E-state index in [1.165, 1.54) is 30.3 Å². The number of ether oxygens (including phenoxy) is 1. The van der Waals surface area contributed by atoms with E-state index >= 15 is 0 Å². The first-order chi connectivity index (χ1) is 12.1. The van der Waals surface area contributed by atoms with Crippen LogP contribution in [-0.2, 0) is 19.6 Å². The molecule has 26 heavy (non-hydrogen) atoms. The van der Waals surface area contributed by atoms with Crippen LogP contribution in [0.5, 0.6) is 0 Å². The van der Waals surface area contributed by atoms with Crippen LogP contribution in [0.3, 0.4) is 0 Å². The molecule has 0 saturated heterocycles. The smallest absolute Gasteiger partial charge is 0.327 e. The van der Waals surface area contributed by atoms with E-state index in [-0.39, 0.29) is 26.7 Å². The molecular weight excluding hydrogens is 397 g/mol. The fraction of sp³-hybridized carbons (Fsp3) is 0.278. The van der Waals surface area contributed by atoms with Crippen molar-refractivity contribution >= 4 is 44.9 Å². The second-order valence-corrected chi connectivity index (χ2v) is 8.73. The predicted molar refractivity (Wildman–Crippen MR) is 103 cm³/mol. The zero-order chi connectivity index (χ0) is 19.5. The molecule has 140 valence electrons. The van der Waals surface area contributed by atoms with E-state index in [2.05, 4.69) is 0 Å². The van der Waals surface area contributed by atoms with Crippen LogP contribution in [-0.4, -0.2) is 27.0 Å². The van der Waals surface area contributed by atoms with Gasteiger partial charge in [0.15, 0.2) is 0 Å². The number of anilines is 1. The van der Waals surface area contributed by atoms with Gasteiger partial charge in [-0.05, 0) is 51.1 Å². The number of sulfonamides is 1. The van der Waals surface area contributed by atoms with Crippen LogP contribution in [0.2, 0.25) is 10.0 Å². The van der Waals surface area contributed by atoms with Crippen molar-refractivity contribution in [3.63, 3.8) is 0 Å². The molecule has 2 rings (SSSR count). The molecule has 0 aliphatic heterocycles. The number of carbonyl (C=O) groups is 1. The van der Waals surface area contributed by atoms with Gasteiger partial charge in [-0.1, -0.05) is 40.9 Å². The number of esters is 1. The Labute approximate surface area is 163 Å². The largest absolute Gasteiger partial charge is 0.462 e. The van der Waals surface area contributed by atoms with Crippen molar-refractivity contribution in [2.24, 2.45) is 0 Å². The van der Waals surface area contributed by atoms with E-state index in [4.69, 9.17) is 27.9 Å². The van der Waals surface area contributed by atoms with Crippen LogP contribution in [0.4, 0.5) is 5.69 Å². The average Bonchev–Trinajstić information content (AvgIpc) is 2.51. The normalized spacial score (nSPS) is 11.5. The van der Waals surface area contributed by atoms with Gasteiger partial charge in [-0.2, -0.15) is 0 Å². The van der Waals surface area contributed by atoms with Crippen molar-refractivity contribution in [1.82, 2.24) is 0 Å². The highest BCUT2D eigenvalue weighted by atomic mass is 35.5. The van der Waals surface area contributed by atoms with Crippen molar-refractivity contribution in [2.75, 3.05) is 10.8 Å². The Hall–Kier alpha value is -1.76. The summed E-state index contributed by atoms with van der Waals surface area (Å²) in [7, 11) is -4.02. The molecule has 2 aromatic carbocycles. The summed E-state index contributed by atoms with van der Waals surface area (Å²) in [6.07, 6.45) is -0.366. The Morgan fingerprint density at radius 1 is 1.08 bits per heavy atom. The van der Waals surface area contributed by atoms with E-state index in [1.807, 2.05) is 6.92 Å². The minimum atomic E-state index is -4.02. The molecule has 2 aromatic rings. The molecule has 0 unspecified atom stereocenters. The molecule has 0 bridgehead atoms. The highest BCUT2D eigenvalue weighted by Crippen LogP contribution is 2.29. The zero-order valence-electron chi connectivity index (χ0n) is 14.6. The quantitative estimate of drug-likeness (QED) is 0.653. The van der Waals surface area contributed by atoms with Crippen LogP contribution in [0, 0.1) is 6.92 Å². The molecule has 0 atom stereocenters. The molecule has 0 amide bonds. The molecule has 8 heteroatoms. The summed E-state index contributed by atoms with van der Waals surface area (Å²) in [6.45, 7) is 4.73. The first-order valence-corrected chi connectivity index (χ1v) is 10.0. The maximum absolute atomic E-state index is 13.1. The summed E-state index contributed by atoms with van der Waals surface area (Å²) < 4.78 is 32.3. The topological polar surface area (TPSA) is 63.7 Å². The Kier molecular flexibility index (Phi) is 6.55. The lowest BCUT2D eigenvalue weighted by Gasteiger charge is -2.24. The molecule has 0 radical (unpaired) electrons. The molecule has 0 aliphatic rings. The number of halogens is 2. The highest BCUT2D eigenvalue weighted by molar-refractivity contribution is 7.92. The van der Waals surface area contributed by atoms with Crippen molar-refractivity contribution in [2.45, 2.75) is 31.8 Å². The Balaban J connectivity index is 2.51. The number of hydrogen-bond donors (Lipinski definition) is 0. The van der Waals surface area contributed by atoms with Gasteiger partial charge in [-0.15, -0.1) is 0 Å². The third-order valence-corrected chi connectivity index (χ3v) is 5.61. The number of hydrogen-bond acceptors (Lipinski definition) is 4. The SMILES string of the molecule is Cc1ccc(S(=O)(=O)N(CC(=O)OC(C)C)c2cc(Cl)cc(Cl)c2)cc1. The fourth-order valence-electron chi connectivity index (χ4n) is 2.25. The molecule has 0 heterocycles. The number of nitrogens with zero attached hydrogens (tertiary/aromatic N) is 1. The van der Waals surface area contributed by atoms with Gasteiger partial charge in [0.1, 0.15) is 6.54 Å². The molecule has 0 saturated carbocycles. The van der Waals surface area contributed by atoms with E-state index in [9.17, 15) is 13.2 Å². The second kappa shape index (κ2) is 8.29. The van der Waals surface area contributed by atoms with Gasteiger partial charge in [-0.25, -0.2) is 8.42 Å². The molecule has 5 nitrogen and oxygen atoms in total. The van der Waals surface area contributed by atoms with Crippen molar-refractivity contribution in [3.8, 4) is 0 Å². The van der Waals surface area contributed by atoms with E-state index < -0.39 is 22.5 Å². The van der Waals surface area contributed by atoms with Crippen LogP contribution in [0.1, 0.15) is 19.4 Å². The maximum atomic E-state index is 13.1. The van der Waals surface area contributed by atoms with Crippen LogP contribution in [0.25, 0.3) is 0 Å². The summed E-state index contributed by atoms with van der Waals surface area (Å²) in [6, 6.07) is 10.7. The average molecular weight is 416 g/mol. The molecule has 0 spiro atoms. The second-order valence-electron chi connectivity index (χ2n) is 5.99. The van der Waals surface area contributed by atoms with Crippen molar-refractivity contribution in [1.29, 1.82) is 0 Å². The Morgan fingerprint density at radius 3 is 2.12 bits per heavy atom. The highest BCUT2D eigenvalue weighted by Gasteiger charge is 2.28. The lowest BCUT2D eigenvalue weighted by Crippen LogP contribution is -2.37. The van der Waals surface area contributed by atoms with Crippen molar-refractivity contribution < 1.29 is 17.9 Å². The van der Waals surface area contributed by atoms with E-state index in [1.54, 1.807) is 26.0 Å². The first-order valence-electron chi connectivity index (χ1n) is 7.84. The number of rotatable bonds is 6. The number of benzene rings is 2. The monoisotopic (exact) mass is 415 g/mol. The molecule has 0 aromatic heterocycles. The van der Waals surface area contributed by atoms with Gasteiger partial charge in [0.2, 0.25) is 0 Å². The van der Waals surface area contributed by atoms with Gasteiger partial charge in [-0.3, -0.25) is 9.10 Å². The standard InChI is InChI=1S/C18H19Cl2NO4S/c1-12(2)25-18(22)11-21(16-9-14(19)8-15(20)10-16)26(23,24)17-6-4-13(3)5-7-17/h4-10,12H,11H2,1-3H3. The van der Waals surface area contributed by atoms with Crippen molar-refractivity contribution in [3.05, 3.63) is 58.1 Å². The third-order valence-electron chi connectivity index (χ3n) is 3.38. The van der Waals surface area contributed by atoms with Gasteiger partial charge >= 0.3 is 5.97 Å². The zero-order valence-corrected chi connectivity index (χ0v) is 16.9. The first kappa shape index (κ1) is 20.6. The third kappa shape index (κ3) is 5.13. The summed E-state index contributed by atoms with van der Waals surface area (Å²) in [4.78, 5) is 12.2. The van der Waals surface area contributed by atoms with Gasteiger partial charge in [0, 0.05) is 10.0 Å². The molecule has 0 aliphatic carbocycles. The van der Waals surface area contributed by atoms with Crippen LogP contribution >= 0.6 is 23.2 Å². The minimum absolute atomic E-state index is 0.0524. The van der Waals surface area contributed by atoms with E-state index in [0.717, 1.165) is 9.87 Å². The summed E-state index contributed by atoms with van der Waals surface area (Å²) in [5.74, 6) is -0.674. The lowest BCUT2D eigenvalue weighted by molar-refractivity contribution is -0.145. The summed E-state index contributed by atoms with van der Waals surface area (Å²) in [5.41, 5.74) is 1.10.